The maximum absolute atomic E-state index is 12.7. The predicted molar refractivity (Wildman–Crippen MR) is 112 cm³/mol. The van der Waals surface area contributed by atoms with E-state index in [1.807, 2.05) is 29.2 Å². The summed E-state index contributed by atoms with van der Waals surface area (Å²) in [6.45, 7) is 1.81. The molecule has 1 atom stereocenters. The second kappa shape index (κ2) is 9.13. The first-order valence-corrected chi connectivity index (χ1v) is 10.4. The summed E-state index contributed by atoms with van der Waals surface area (Å²) in [6, 6.07) is 10.6. The van der Waals surface area contributed by atoms with Gasteiger partial charge in [-0.2, -0.15) is 0 Å². The molecular formula is C22H26N4O4. The van der Waals surface area contributed by atoms with Crippen LogP contribution in [0, 0.1) is 0 Å². The zero-order valence-corrected chi connectivity index (χ0v) is 16.8. The molecule has 8 heteroatoms. The normalized spacial score (nSPS) is 19.3. The maximum Gasteiger partial charge on any atom is 0.238 e. The average molecular weight is 410 g/mol. The maximum atomic E-state index is 12.7. The largest absolute Gasteiger partial charge is 0.467 e. The van der Waals surface area contributed by atoms with E-state index in [-0.39, 0.29) is 30.3 Å². The molecule has 0 radical (unpaired) electrons. The molecule has 158 valence electrons. The van der Waals surface area contributed by atoms with Gasteiger partial charge in [0.15, 0.2) is 0 Å². The molecule has 1 unspecified atom stereocenters. The number of furan rings is 1. The molecule has 2 saturated heterocycles. The lowest BCUT2D eigenvalue weighted by Gasteiger charge is -2.24. The van der Waals surface area contributed by atoms with E-state index in [0.29, 0.717) is 37.5 Å². The molecule has 4 rings (SSSR count). The zero-order chi connectivity index (χ0) is 20.9. The Kier molecular flexibility index (Phi) is 6.13. The highest BCUT2D eigenvalue weighted by molar-refractivity contribution is 6.02. The quantitative estimate of drug-likeness (QED) is 0.729. The Morgan fingerprint density at radius 1 is 1.10 bits per heavy atom. The molecule has 2 fully saturated rings. The van der Waals surface area contributed by atoms with Gasteiger partial charge in [0.25, 0.3) is 0 Å². The number of nitrogens with zero attached hydrogens (tertiary/aromatic N) is 2. The molecule has 0 bridgehead atoms. The Morgan fingerprint density at radius 3 is 2.73 bits per heavy atom. The Balaban J connectivity index is 1.35. The summed E-state index contributed by atoms with van der Waals surface area (Å²) in [5, 5.41) is 5.81. The van der Waals surface area contributed by atoms with E-state index in [9.17, 15) is 14.4 Å². The monoisotopic (exact) mass is 410 g/mol. The molecular weight excluding hydrogens is 384 g/mol. The fourth-order valence-corrected chi connectivity index (χ4v) is 4.11. The van der Waals surface area contributed by atoms with Crippen LogP contribution in [-0.2, 0) is 20.9 Å². The first-order valence-electron chi connectivity index (χ1n) is 10.4. The lowest BCUT2D eigenvalue weighted by molar-refractivity contribution is -0.126. The van der Waals surface area contributed by atoms with Gasteiger partial charge in [-0.15, -0.1) is 0 Å². The first kappa shape index (κ1) is 20.2. The van der Waals surface area contributed by atoms with E-state index in [0.717, 1.165) is 24.9 Å². The van der Waals surface area contributed by atoms with Crippen molar-refractivity contribution in [3.63, 3.8) is 0 Å². The lowest BCUT2D eigenvalue weighted by Crippen LogP contribution is -2.45. The number of nitrogens with one attached hydrogen (secondary N) is 2. The molecule has 2 aromatic rings. The number of likely N-dealkylation sites (tertiary alicyclic amines) is 1. The number of anilines is 2. The number of benzene rings is 1. The highest BCUT2D eigenvalue weighted by atomic mass is 16.3. The van der Waals surface area contributed by atoms with Gasteiger partial charge >= 0.3 is 0 Å². The average Bonchev–Trinajstić information content (AvgIpc) is 3.49. The van der Waals surface area contributed by atoms with Crippen molar-refractivity contribution in [3.05, 3.63) is 48.4 Å². The predicted octanol–water partition coefficient (Wildman–Crippen LogP) is 2.13. The van der Waals surface area contributed by atoms with Gasteiger partial charge in [-0.05, 0) is 50.1 Å². The molecule has 1 aromatic heterocycles. The van der Waals surface area contributed by atoms with Crippen LogP contribution in [0.5, 0.6) is 0 Å². The van der Waals surface area contributed by atoms with Gasteiger partial charge in [0.05, 0.1) is 36.8 Å². The molecule has 2 aliphatic rings. The smallest absolute Gasteiger partial charge is 0.238 e. The van der Waals surface area contributed by atoms with Crippen LogP contribution in [0.25, 0.3) is 0 Å². The van der Waals surface area contributed by atoms with E-state index < -0.39 is 0 Å². The molecule has 1 aromatic carbocycles. The minimum atomic E-state index is -0.332. The van der Waals surface area contributed by atoms with Crippen LogP contribution >= 0.6 is 0 Å². The highest BCUT2D eigenvalue weighted by Gasteiger charge is 2.32. The Morgan fingerprint density at radius 2 is 1.97 bits per heavy atom. The van der Waals surface area contributed by atoms with Crippen molar-refractivity contribution in [2.24, 2.45) is 0 Å². The fourth-order valence-electron chi connectivity index (χ4n) is 4.11. The second-order valence-electron chi connectivity index (χ2n) is 7.64. The van der Waals surface area contributed by atoms with Gasteiger partial charge in [0.1, 0.15) is 5.76 Å². The van der Waals surface area contributed by atoms with Gasteiger partial charge in [-0.25, -0.2) is 0 Å². The topological polar surface area (TPSA) is 94.9 Å². The minimum absolute atomic E-state index is 0.0736. The Hall–Kier alpha value is -3.13. The number of amides is 3. The van der Waals surface area contributed by atoms with E-state index in [2.05, 4.69) is 10.6 Å². The molecule has 3 amide bonds. The third-order valence-corrected chi connectivity index (χ3v) is 5.57. The number of carbonyl (C=O) groups excluding carboxylic acids is 3. The zero-order valence-electron chi connectivity index (χ0n) is 16.8. The van der Waals surface area contributed by atoms with Crippen LogP contribution < -0.4 is 15.5 Å². The van der Waals surface area contributed by atoms with Crippen molar-refractivity contribution < 1.29 is 18.8 Å². The van der Waals surface area contributed by atoms with Crippen molar-refractivity contribution in [3.8, 4) is 0 Å². The summed E-state index contributed by atoms with van der Waals surface area (Å²) >= 11 is 0. The van der Waals surface area contributed by atoms with Gasteiger partial charge in [0.2, 0.25) is 17.7 Å². The summed E-state index contributed by atoms with van der Waals surface area (Å²) < 4.78 is 5.24. The molecule has 3 heterocycles. The first-order chi connectivity index (χ1) is 14.6. The fraction of sp³-hybridized carbons (Fsp3) is 0.409. The SMILES string of the molecule is O=C(CN1CCCC1C(=O)NCc1ccco1)Nc1ccccc1N1CCCC1=O. The third kappa shape index (κ3) is 4.54. The van der Waals surface area contributed by atoms with Gasteiger partial charge < -0.3 is 20.0 Å². The molecule has 0 spiro atoms. The Bertz CT molecular complexity index is 912. The molecule has 8 nitrogen and oxygen atoms in total. The van der Waals surface area contributed by atoms with Crippen molar-refractivity contribution in [1.29, 1.82) is 0 Å². The number of hydrogen-bond acceptors (Lipinski definition) is 5. The molecule has 0 aliphatic carbocycles. The molecule has 0 saturated carbocycles. The highest BCUT2D eigenvalue weighted by Crippen LogP contribution is 2.29. The Labute approximate surface area is 175 Å². The second-order valence-corrected chi connectivity index (χ2v) is 7.64. The van der Waals surface area contributed by atoms with E-state index >= 15 is 0 Å². The van der Waals surface area contributed by atoms with Crippen LogP contribution in [0.1, 0.15) is 31.4 Å². The summed E-state index contributed by atoms with van der Waals surface area (Å²) in [6.07, 6.45) is 4.51. The number of carbonyl (C=O) groups is 3. The molecule has 30 heavy (non-hydrogen) atoms. The lowest BCUT2D eigenvalue weighted by atomic mass is 10.2. The van der Waals surface area contributed by atoms with E-state index in [4.69, 9.17) is 4.42 Å². The molecule has 2 N–H and O–H groups in total. The van der Waals surface area contributed by atoms with Crippen molar-refractivity contribution in [2.45, 2.75) is 38.3 Å². The van der Waals surface area contributed by atoms with Crippen molar-refractivity contribution in [2.75, 3.05) is 29.9 Å². The summed E-state index contributed by atoms with van der Waals surface area (Å²) in [5.41, 5.74) is 1.35. The molecule has 2 aliphatic heterocycles. The van der Waals surface area contributed by atoms with Crippen LogP contribution in [-0.4, -0.2) is 48.3 Å². The number of rotatable bonds is 7. The number of para-hydroxylation sites is 2. The van der Waals surface area contributed by atoms with E-state index in [1.54, 1.807) is 23.3 Å². The summed E-state index contributed by atoms with van der Waals surface area (Å²) in [7, 11) is 0. The van der Waals surface area contributed by atoms with Crippen LogP contribution in [0.4, 0.5) is 11.4 Å². The number of hydrogen-bond donors (Lipinski definition) is 2. The van der Waals surface area contributed by atoms with Crippen LogP contribution in [0.2, 0.25) is 0 Å². The van der Waals surface area contributed by atoms with Crippen molar-refractivity contribution >= 4 is 29.1 Å². The minimum Gasteiger partial charge on any atom is -0.467 e. The van der Waals surface area contributed by atoms with Gasteiger partial charge in [0, 0.05) is 13.0 Å². The van der Waals surface area contributed by atoms with Crippen molar-refractivity contribution in [1.82, 2.24) is 10.2 Å². The standard InChI is InChI=1S/C22H26N4O4/c27-20(24-17-7-1-2-8-18(17)26-12-4-10-21(26)28)15-25-11-3-9-19(25)22(29)23-14-16-6-5-13-30-16/h1-2,5-8,13,19H,3-4,9-12,14-15H2,(H,23,29)(H,24,27). The van der Waals surface area contributed by atoms with Gasteiger partial charge in [-0.1, -0.05) is 12.1 Å². The van der Waals surface area contributed by atoms with Gasteiger partial charge in [-0.3, -0.25) is 19.3 Å². The van der Waals surface area contributed by atoms with E-state index in [1.165, 1.54) is 0 Å². The summed E-state index contributed by atoms with van der Waals surface area (Å²) in [4.78, 5) is 41.0. The third-order valence-electron chi connectivity index (χ3n) is 5.57. The van der Waals surface area contributed by atoms with Crippen LogP contribution in [0.15, 0.2) is 47.1 Å². The van der Waals surface area contributed by atoms with Crippen LogP contribution in [0.3, 0.4) is 0 Å². The summed E-state index contributed by atoms with van der Waals surface area (Å²) in [5.74, 6) is 0.475.